The van der Waals surface area contributed by atoms with Crippen LogP contribution in [0, 0.1) is 6.92 Å². The molecule has 0 fully saturated rings. The van der Waals surface area contributed by atoms with Crippen LogP contribution in [0.2, 0.25) is 0 Å². The summed E-state index contributed by atoms with van der Waals surface area (Å²) >= 11 is 9.10. The van der Waals surface area contributed by atoms with E-state index in [4.69, 9.17) is 0 Å². The zero-order valence-corrected chi connectivity index (χ0v) is 16.3. The van der Waals surface area contributed by atoms with Crippen molar-refractivity contribution < 1.29 is 0 Å². The van der Waals surface area contributed by atoms with E-state index in [2.05, 4.69) is 60.5 Å². The van der Waals surface area contributed by atoms with Crippen LogP contribution in [-0.4, -0.2) is 28.6 Å². The molecular weight excluding hydrogens is 414 g/mol. The van der Waals surface area contributed by atoms with Gasteiger partial charge in [-0.25, -0.2) is 0 Å². The summed E-state index contributed by atoms with van der Waals surface area (Å²) < 4.78 is 4.24. The SMILES string of the molecule is CNC(CSc1ccccc1Br)Cc1c(Br)c(C)nn1C. The van der Waals surface area contributed by atoms with E-state index in [0.29, 0.717) is 6.04 Å². The first-order valence-corrected chi connectivity index (χ1v) is 9.32. The average molecular weight is 433 g/mol. The fraction of sp³-hybridized carbons (Fsp3) is 0.400. The highest BCUT2D eigenvalue weighted by atomic mass is 79.9. The number of likely N-dealkylation sites (N-methyl/N-ethyl adjacent to an activating group) is 1. The highest BCUT2D eigenvalue weighted by Gasteiger charge is 2.16. The van der Waals surface area contributed by atoms with Crippen LogP contribution in [0.25, 0.3) is 0 Å². The lowest BCUT2D eigenvalue weighted by atomic mass is 10.2. The molecule has 0 amide bonds. The van der Waals surface area contributed by atoms with Crippen LogP contribution in [0.15, 0.2) is 38.1 Å². The first-order chi connectivity index (χ1) is 10.0. The van der Waals surface area contributed by atoms with Crippen LogP contribution in [0.3, 0.4) is 0 Å². The van der Waals surface area contributed by atoms with Crippen molar-refractivity contribution in [2.45, 2.75) is 24.3 Å². The van der Waals surface area contributed by atoms with Crippen molar-refractivity contribution in [1.29, 1.82) is 0 Å². The number of nitrogens with one attached hydrogen (secondary N) is 1. The number of halogens is 2. The highest BCUT2D eigenvalue weighted by molar-refractivity contribution is 9.10. The second-order valence-corrected chi connectivity index (χ2v) is 7.61. The smallest absolute Gasteiger partial charge is 0.0738 e. The molecule has 0 radical (unpaired) electrons. The third-order valence-electron chi connectivity index (χ3n) is 3.39. The van der Waals surface area contributed by atoms with Crippen molar-refractivity contribution >= 4 is 43.6 Å². The highest BCUT2D eigenvalue weighted by Crippen LogP contribution is 2.28. The van der Waals surface area contributed by atoms with E-state index >= 15 is 0 Å². The molecule has 6 heteroatoms. The van der Waals surface area contributed by atoms with Crippen molar-refractivity contribution in [3.63, 3.8) is 0 Å². The molecule has 21 heavy (non-hydrogen) atoms. The quantitative estimate of drug-likeness (QED) is 0.694. The topological polar surface area (TPSA) is 29.9 Å². The molecule has 1 atom stereocenters. The Kier molecular flexibility index (Phi) is 6.34. The predicted octanol–water partition coefficient (Wildman–Crippen LogP) is 4.18. The number of aromatic nitrogens is 2. The number of rotatable bonds is 6. The summed E-state index contributed by atoms with van der Waals surface area (Å²) in [6, 6.07) is 8.73. The third kappa shape index (κ3) is 4.34. The van der Waals surface area contributed by atoms with Gasteiger partial charge in [0.15, 0.2) is 0 Å². The largest absolute Gasteiger partial charge is 0.316 e. The molecular formula is C15H19Br2N3S. The summed E-state index contributed by atoms with van der Waals surface area (Å²) in [7, 11) is 4.02. The Morgan fingerprint density at radius 2 is 2.05 bits per heavy atom. The zero-order chi connectivity index (χ0) is 15.4. The standard InChI is InChI=1S/C15H19Br2N3S/c1-10-15(17)13(20(3)19-10)8-11(18-2)9-21-14-7-5-4-6-12(14)16/h4-7,11,18H,8-9H2,1-3H3. The Morgan fingerprint density at radius 1 is 1.33 bits per heavy atom. The van der Waals surface area contributed by atoms with Crippen molar-refractivity contribution in [2.24, 2.45) is 7.05 Å². The van der Waals surface area contributed by atoms with E-state index in [1.165, 1.54) is 10.6 Å². The van der Waals surface area contributed by atoms with Crippen molar-refractivity contribution in [3.05, 3.63) is 44.6 Å². The van der Waals surface area contributed by atoms with Gasteiger partial charge in [-0.2, -0.15) is 5.10 Å². The van der Waals surface area contributed by atoms with Gasteiger partial charge in [0.05, 0.1) is 15.9 Å². The van der Waals surface area contributed by atoms with E-state index in [1.807, 2.05) is 43.5 Å². The van der Waals surface area contributed by atoms with E-state index in [1.54, 1.807) is 0 Å². The van der Waals surface area contributed by atoms with Crippen molar-refractivity contribution in [3.8, 4) is 0 Å². The summed E-state index contributed by atoms with van der Waals surface area (Å²) in [6.07, 6.45) is 0.950. The van der Waals surface area contributed by atoms with Crippen molar-refractivity contribution in [2.75, 3.05) is 12.8 Å². The molecule has 0 saturated heterocycles. The average Bonchev–Trinajstić information content (AvgIpc) is 2.70. The van der Waals surface area contributed by atoms with Crippen LogP contribution in [-0.2, 0) is 13.5 Å². The third-order valence-corrected chi connectivity index (χ3v) is 6.61. The maximum Gasteiger partial charge on any atom is 0.0738 e. The van der Waals surface area contributed by atoms with Gasteiger partial charge in [-0.1, -0.05) is 12.1 Å². The summed E-state index contributed by atoms with van der Waals surface area (Å²) in [5.41, 5.74) is 2.28. The summed E-state index contributed by atoms with van der Waals surface area (Å²) in [5.74, 6) is 1.01. The van der Waals surface area contributed by atoms with Gasteiger partial charge in [-0.05, 0) is 58.0 Å². The van der Waals surface area contributed by atoms with Gasteiger partial charge in [0.2, 0.25) is 0 Å². The Hall–Kier alpha value is -0.300. The number of hydrogen-bond donors (Lipinski definition) is 1. The van der Waals surface area contributed by atoms with Gasteiger partial charge in [-0.3, -0.25) is 4.68 Å². The Bertz CT molecular complexity index is 613. The van der Waals surface area contributed by atoms with Gasteiger partial charge < -0.3 is 5.32 Å². The first-order valence-electron chi connectivity index (χ1n) is 6.75. The molecule has 1 unspecified atom stereocenters. The molecule has 2 rings (SSSR count). The molecule has 1 heterocycles. The van der Waals surface area contributed by atoms with Crippen LogP contribution < -0.4 is 5.32 Å². The summed E-state index contributed by atoms with van der Waals surface area (Å²) in [4.78, 5) is 1.28. The number of nitrogens with zero attached hydrogens (tertiary/aromatic N) is 2. The molecule has 0 aliphatic rings. The normalized spacial score (nSPS) is 12.6. The maximum atomic E-state index is 4.46. The van der Waals surface area contributed by atoms with Gasteiger partial charge in [0, 0.05) is 34.6 Å². The Morgan fingerprint density at radius 3 is 2.62 bits per heavy atom. The monoisotopic (exact) mass is 431 g/mol. The molecule has 114 valence electrons. The van der Waals surface area contributed by atoms with Crippen molar-refractivity contribution in [1.82, 2.24) is 15.1 Å². The number of aryl methyl sites for hydroxylation is 2. The number of hydrogen-bond acceptors (Lipinski definition) is 3. The maximum absolute atomic E-state index is 4.46. The van der Waals surface area contributed by atoms with E-state index in [-0.39, 0.29) is 0 Å². The van der Waals surface area contributed by atoms with E-state index in [0.717, 1.165) is 26.8 Å². The molecule has 0 aliphatic heterocycles. The minimum Gasteiger partial charge on any atom is -0.316 e. The molecule has 0 saturated carbocycles. The molecule has 0 aliphatic carbocycles. The second kappa shape index (κ2) is 7.81. The van der Waals surface area contributed by atoms with Crippen LogP contribution in [0.4, 0.5) is 0 Å². The lowest BCUT2D eigenvalue weighted by Gasteiger charge is -2.16. The lowest BCUT2D eigenvalue weighted by molar-refractivity contribution is 0.580. The molecule has 1 N–H and O–H groups in total. The van der Waals surface area contributed by atoms with Crippen LogP contribution in [0.5, 0.6) is 0 Å². The van der Waals surface area contributed by atoms with Gasteiger partial charge in [0.1, 0.15) is 0 Å². The number of benzene rings is 1. The molecule has 0 spiro atoms. The fourth-order valence-electron chi connectivity index (χ4n) is 2.13. The Labute approximate surface area is 147 Å². The summed E-state index contributed by atoms with van der Waals surface area (Å²) in [6.45, 7) is 2.03. The van der Waals surface area contributed by atoms with Crippen LogP contribution in [0.1, 0.15) is 11.4 Å². The van der Waals surface area contributed by atoms with E-state index in [9.17, 15) is 0 Å². The minimum absolute atomic E-state index is 0.396. The Balaban J connectivity index is 2.02. The molecule has 0 bridgehead atoms. The second-order valence-electron chi connectivity index (χ2n) is 4.90. The summed E-state index contributed by atoms with van der Waals surface area (Å²) in [5, 5.41) is 7.86. The van der Waals surface area contributed by atoms with Gasteiger partial charge in [0.25, 0.3) is 0 Å². The lowest BCUT2D eigenvalue weighted by Crippen LogP contribution is -2.31. The van der Waals surface area contributed by atoms with E-state index < -0.39 is 0 Å². The molecule has 3 nitrogen and oxygen atoms in total. The minimum atomic E-state index is 0.396. The van der Waals surface area contributed by atoms with Gasteiger partial charge in [-0.15, -0.1) is 11.8 Å². The molecule has 2 aromatic rings. The number of thioether (sulfide) groups is 1. The first kappa shape index (κ1) is 17.1. The van der Waals surface area contributed by atoms with Gasteiger partial charge >= 0.3 is 0 Å². The molecule has 1 aromatic heterocycles. The molecule has 1 aromatic carbocycles. The predicted molar refractivity (Wildman–Crippen MR) is 97.1 cm³/mol. The fourth-order valence-corrected chi connectivity index (χ4v) is 4.30. The van der Waals surface area contributed by atoms with Crippen LogP contribution >= 0.6 is 43.6 Å². The zero-order valence-electron chi connectivity index (χ0n) is 12.4.